The van der Waals surface area contributed by atoms with Gasteiger partial charge >= 0.3 is 13.2 Å². The smallest absolute Gasteiger partial charge is 0.453 e. The summed E-state index contributed by atoms with van der Waals surface area (Å²) in [7, 11) is 0.965. The zero-order valence-electron chi connectivity index (χ0n) is 28.7. The van der Waals surface area contributed by atoms with E-state index >= 15 is 0 Å². The number of aromatic nitrogens is 2. The third-order valence-electron chi connectivity index (χ3n) is 11.4. The number of imidazole rings is 1. The first kappa shape index (κ1) is 31.9. The van der Waals surface area contributed by atoms with Crippen molar-refractivity contribution in [3.63, 3.8) is 0 Å². The van der Waals surface area contributed by atoms with Crippen LogP contribution in [0, 0.1) is 5.92 Å². The van der Waals surface area contributed by atoms with Crippen molar-refractivity contribution in [2.45, 2.75) is 109 Å². The number of fused-ring (bicyclic) bond motifs is 5. The monoisotopic (exact) mass is 638 g/mol. The van der Waals surface area contributed by atoms with Gasteiger partial charge in [-0.05, 0) is 111 Å². The van der Waals surface area contributed by atoms with E-state index in [2.05, 4.69) is 74.4 Å². The summed E-state index contributed by atoms with van der Waals surface area (Å²) in [4.78, 5) is 35.6. The minimum Gasteiger partial charge on any atom is -0.453 e. The lowest BCUT2D eigenvalue weighted by Gasteiger charge is -2.32. The molecule has 2 unspecified atom stereocenters. The van der Waals surface area contributed by atoms with E-state index in [1.165, 1.54) is 54.1 Å². The fourth-order valence-electron chi connectivity index (χ4n) is 8.16. The van der Waals surface area contributed by atoms with Crippen LogP contribution in [0.2, 0.25) is 0 Å². The highest BCUT2D eigenvalue weighted by Crippen LogP contribution is 2.55. The molecule has 2 amide bonds. The maximum absolute atomic E-state index is 13.6. The average Bonchev–Trinajstić information content (AvgIpc) is 3.88. The van der Waals surface area contributed by atoms with Gasteiger partial charge in [-0.1, -0.05) is 50.2 Å². The summed E-state index contributed by atoms with van der Waals surface area (Å²) >= 11 is 0. The fraction of sp³-hybridized carbons (Fsp3) is 0.541. The Morgan fingerprint density at radius 2 is 1.64 bits per heavy atom. The number of carbonyl (C=O) groups is 2. The van der Waals surface area contributed by atoms with Crippen molar-refractivity contribution in [2.24, 2.45) is 5.92 Å². The number of rotatable bonds is 7. The molecule has 2 aliphatic heterocycles. The van der Waals surface area contributed by atoms with Gasteiger partial charge in [-0.2, -0.15) is 0 Å². The van der Waals surface area contributed by atoms with Gasteiger partial charge in [0.05, 0.1) is 36.2 Å². The number of amides is 2. The van der Waals surface area contributed by atoms with Crippen LogP contribution >= 0.6 is 0 Å². The van der Waals surface area contributed by atoms with Crippen molar-refractivity contribution in [3.8, 4) is 22.4 Å². The first-order valence-corrected chi connectivity index (χ1v) is 17.2. The van der Waals surface area contributed by atoms with Crippen molar-refractivity contribution in [1.82, 2.24) is 20.2 Å². The Hall–Kier alpha value is -3.63. The van der Waals surface area contributed by atoms with Gasteiger partial charge in [-0.15, -0.1) is 0 Å². The quantitative estimate of drug-likeness (QED) is 0.288. The van der Waals surface area contributed by atoms with E-state index in [0.29, 0.717) is 18.4 Å². The number of methoxy groups -OCH3 is 1. The Balaban J connectivity index is 1.12. The summed E-state index contributed by atoms with van der Waals surface area (Å²) < 4.78 is 17.8. The molecule has 3 aromatic rings. The van der Waals surface area contributed by atoms with E-state index in [1.807, 2.05) is 24.9 Å². The molecule has 2 aliphatic carbocycles. The molecule has 3 fully saturated rings. The van der Waals surface area contributed by atoms with Crippen molar-refractivity contribution in [1.29, 1.82) is 0 Å². The second kappa shape index (κ2) is 11.8. The van der Waals surface area contributed by atoms with Crippen LogP contribution in [0.4, 0.5) is 4.79 Å². The first-order valence-electron chi connectivity index (χ1n) is 17.2. The van der Waals surface area contributed by atoms with Gasteiger partial charge in [0.15, 0.2) is 0 Å². The summed E-state index contributed by atoms with van der Waals surface area (Å²) in [6.45, 7) is 12.9. The lowest BCUT2D eigenvalue weighted by atomic mass is 9.70. The zero-order chi connectivity index (χ0) is 33.2. The van der Waals surface area contributed by atoms with Gasteiger partial charge in [0.25, 0.3) is 0 Å². The molecule has 1 aromatic heterocycles. The van der Waals surface area contributed by atoms with E-state index < -0.39 is 12.1 Å². The molecule has 4 atom stereocenters. The minimum absolute atomic E-state index is 0.0789. The molecular formula is C37H47BN4O5. The van der Waals surface area contributed by atoms with Crippen molar-refractivity contribution < 1.29 is 23.6 Å². The van der Waals surface area contributed by atoms with Crippen LogP contribution < -0.4 is 10.8 Å². The summed E-state index contributed by atoms with van der Waals surface area (Å²) in [5.41, 5.74) is 7.89. The normalized spacial score (nSPS) is 24.6. The van der Waals surface area contributed by atoms with Crippen LogP contribution in [-0.2, 0) is 18.8 Å². The second-order valence-corrected chi connectivity index (χ2v) is 15.1. The van der Waals surface area contributed by atoms with Crippen LogP contribution in [-0.4, -0.2) is 64.9 Å². The molecule has 3 heterocycles. The number of hydrogen-bond acceptors (Lipinski definition) is 6. The summed E-state index contributed by atoms with van der Waals surface area (Å²) in [6.07, 6.45) is 6.64. The first-order chi connectivity index (χ1) is 22.4. The summed E-state index contributed by atoms with van der Waals surface area (Å²) in [5.74, 6) is 1.73. The molecule has 10 heteroatoms. The number of ether oxygens (including phenoxy) is 1. The lowest BCUT2D eigenvalue weighted by Crippen LogP contribution is -2.51. The highest BCUT2D eigenvalue weighted by atomic mass is 16.7. The predicted molar refractivity (Wildman–Crippen MR) is 182 cm³/mol. The Labute approximate surface area is 278 Å². The lowest BCUT2D eigenvalue weighted by molar-refractivity contribution is -0.135. The molecule has 2 aromatic carbocycles. The molecule has 2 N–H and O–H groups in total. The number of nitrogens with zero attached hydrogens (tertiary/aromatic N) is 2. The van der Waals surface area contributed by atoms with Gasteiger partial charge in [-0.25, -0.2) is 9.78 Å². The Kier molecular flexibility index (Phi) is 8.03. The van der Waals surface area contributed by atoms with Gasteiger partial charge in [0.2, 0.25) is 5.91 Å². The highest BCUT2D eigenvalue weighted by Gasteiger charge is 2.54. The Bertz CT molecular complexity index is 1670. The maximum Gasteiger partial charge on any atom is 0.495 e. The molecule has 0 radical (unpaired) electrons. The minimum atomic E-state index is -0.660. The molecule has 2 saturated heterocycles. The molecule has 0 spiro atoms. The third kappa shape index (κ3) is 5.47. The average molecular weight is 639 g/mol. The molecule has 2 bridgehead atoms. The Morgan fingerprint density at radius 3 is 2.30 bits per heavy atom. The van der Waals surface area contributed by atoms with Gasteiger partial charge < -0.3 is 29.2 Å². The van der Waals surface area contributed by atoms with E-state index in [-0.39, 0.29) is 36.2 Å². The van der Waals surface area contributed by atoms with Crippen LogP contribution in [0.5, 0.6) is 0 Å². The second-order valence-electron chi connectivity index (χ2n) is 15.1. The SMILES string of the molecule is COC(=O)N[C@H](C(=O)N1CCC[C@H]1c1ncc(-c2ccc(-c3ccc(B4OC(C)(C)C(C)(C)O4)c4c3C3CCC4C3)cc2)[nH]1)C(C)C. The van der Waals surface area contributed by atoms with E-state index in [4.69, 9.17) is 19.0 Å². The number of H-pyrrole nitrogens is 1. The molecule has 248 valence electrons. The predicted octanol–water partition coefficient (Wildman–Crippen LogP) is 6.45. The van der Waals surface area contributed by atoms with Gasteiger partial charge in [0.1, 0.15) is 11.9 Å². The summed E-state index contributed by atoms with van der Waals surface area (Å²) in [6, 6.07) is 12.4. The number of hydrogen-bond donors (Lipinski definition) is 2. The third-order valence-corrected chi connectivity index (χ3v) is 11.4. The number of aromatic amines is 1. The number of benzene rings is 2. The van der Waals surface area contributed by atoms with Crippen molar-refractivity contribution in [2.75, 3.05) is 13.7 Å². The highest BCUT2D eigenvalue weighted by molar-refractivity contribution is 6.62. The Morgan fingerprint density at radius 1 is 0.979 bits per heavy atom. The largest absolute Gasteiger partial charge is 0.495 e. The van der Waals surface area contributed by atoms with Crippen LogP contribution in [0.3, 0.4) is 0 Å². The molecule has 4 aliphatic rings. The zero-order valence-corrected chi connectivity index (χ0v) is 28.7. The topological polar surface area (TPSA) is 106 Å². The molecular weight excluding hydrogens is 591 g/mol. The molecule has 9 nitrogen and oxygen atoms in total. The maximum atomic E-state index is 13.6. The standard InChI is InChI=1S/C37H47BN4O5/c1-21(2)32(41-35(44)45-7)34(43)42-18-8-9-29(42)33-39-20-28(40-33)23-12-10-22(11-13-23)26-16-17-27(31-25-15-14-24(19-25)30(26)31)38-46-36(3,4)37(5,6)47-38/h10-13,16-17,20-21,24-25,29,32H,8-9,14-15,18-19H2,1-7H3,(H,39,40)(H,41,44)/t24?,25?,29-,32-/m0/s1. The number of alkyl carbamates (subject to hydrolysis) is 1. The van der Waals surface area contributed by atoms with Crippen LogP contribution in [0.1, 0.15) is 108 Å². The van der Waals surface area contributed by atoms with Gasteiger partial charge in [-0.3, -0.25) is 4.79 Å². The van der Waals surface area contributed by atoms with E-state index in [9.17, 15) is 9.59 Å². The molecule has 7 rings (SSSR count). The van der Waals surface area contributed by atoms with Gasteiger partial charge in [0, 0.05) is 6.54 Å². The number of nitrogens with one attached hydrogen (secondary N) is 2. The fourth-order valence-corrected chi connectivity index (χ4v) is 8.16. The summed E-state index contributed by atoms with van der Waals surface area (Å²) in [5, 5.41) is 2.72. The van der Waals surface area contributed by atoms with E-state index in [0.717, 1.165) is 29.9 Å². The number of likely N-dealkylation sites (tertiary alicyclic amines) is 1. The van der Waals surface area contributed by atoms with Crippen LogP contribution in [0.25, 0.3) is 22.4 Å². The van der Waals surface area contributed by atoms with Crippen molar-refractivity contribution in [3.05, 3.63) is 59.5 Å². The molecule has 47 heavy (non-hydrogen) atoms. The van der Waals surface area contributed by atoms with Crippen LogP contribution in [0.15, 0.2) is 42.6 Å². The van der Waals surface area contributed by atoms with E-state index in [1.54, 1.807) is 0 Å². The van der Waals surface area contributed by atoms with Crippen molar-refractivity contribution >= 4 is 24.6 Å². The number of carbonyl (C=O) groups excluding carboxylic acids is 2. The molecule has 1 saturated carbocycles.